The number of carbonyl (C=O) groups excluding carboxylic acids is 1. The number of carboxylic acid groups (broad SMARTS) is 1. The molecule has 1 aromatic heterocycles. The van der Waals surface area contributed by atoms with Crippen molar-refractivity contribution in [3.63, 3.8) is 0 Å². The van der Waals surface area contributed by atoms with Crippen molar-refractivity contribution in [3.8, 4) is 16.9 Å². The van der Waals surface area contributed by atoms with Gasteiger partial charge in [-0.1, -0.05) is 118 Å². The summed E-state index contributed by atoms with van der Waals surface area (Å²) in [6.07, 6.45) is -1.25. The molecule has 0 radical (unpaired) electrons. The minimum absolute atomic E-state index is 0.0740. The quantitative estimate of drug-likeness (QED) is 0.0813. The van der Waals surface area contributed by atoms with E-state index in [2.05, 4.69) is 49.5 Å². The number of nitrogens with zero attached hydrogens (tertiary/aromatic N) is 1. The second kappa shape index (κ2) is 17.7. The Balaban J connectivity index is 1.18. The van der Waals surface area contributed by atoms with Crippen LogP contribution in [0.1, 0.15) is 43.6 Å². The fourth-order valence-electron chi connectivity index (χ4n) is 6.35. The Labute approximate surface area is 334 Å². The first-order valence-electron chi connectivity index (χ1n) is 19.1. The molecule has 0 saturated heterocycles. The van der Waals surface area contributed by atoms with Crippen molar-refractivity contribution in [1.29, 1.82) is 0 Å². The number of para-hydroxylation sites is 1. The number of fused-ring (bicyclic) bond motifs is 1. The summed E-state index contributed by atoms with van der Waals surface area (Å²) in [6, 6.07) is 41.2. The molecule has 0 aliphatic rings. The Kier molecular flexibility index (Phi) is 12.6. The van der Waals surface area contributed by atoms with Crippen molar-refractivity contribution in [2.45, 2.75) is 58.0 Å². The fourth-order valence-corrected chi connectivity index (χ4v) is 7.61. The van der Waals surface area contributed by atoms with Gasteiger partial charge in [0.1, 0.15) is 12.4 Å². The van der Waals surface area contributed by atoms with Crippen LogP contribution in [0.15, 0.2) is 138 Å². The standard InChI is InChI=1S/C46H50N4O6Si/c1-46(2,3)57(4,5)56-41(37-24-26-40(43-38(37)25-27-42(51)49-43)55-31-33-14-8-6-9-15-33)30-50(45(53)54)29-28-32-20-22-35(23-21-32)47-44(52)48-39-19-13-12-18-36(39)34-16-10-7-11-17-34/h6-27,41H,28-31H2,1-5H3,(H,49,51)(H,53,54)(H2,47,48,52)/t41-/m1/s1. The lowest BCUT2D eigenvalue weighted by Gasteiger charge is -2.40. The number of benzene rings is 5. The molecule has 4 N–H and O–H groups in total. The number of pyridine rings is 1. The van der Waals surface area contributed by atoms with Gasteiger partial charge in [-0.15, -0.1) is 0 Å². The van der Waals surface area contributed by atoms with E-state index in [0.29, 0.717) is 35.7 Å². The highest BCUT2D eigenvalue weighted by molar-refractivity contribution is 6.74. The largest absolute Gasteiger partial charge is 0.487 e. The number of amides is 3. The molecule has 294 valence electrons. The van der Waals surface area contributed by atoms with Crippen molar-refractivity contribution in [2.75, 3.05) is 23.7 Å². The zero-order valence-corrected chi connectivity index (χ0v) is 34.0. The van der Waals surface area contributed by atoms with E-state index in [9.17, 15) is 19.5 Å². The predicted octanol–water partition coefficient (Wildman–Crippen LogP) is 10.7. The minimum Gasteiger partial charge on any atom is -0.487 e. The van der Waals surface area contributed by atoms with E-state index in [1.165, 1.54) is 11.0 Å². The molecule has 0 aliphatic heterocycles. The molecule has 5 aromatic carbocycles. The normalized spacial score (nSPS) is 12.2. The number of hydrogen-bond acceptors (Lipinski definition) is 5. The zero-order chi connectivity index (χ0) is 40.6. The van der Waals surface area contributed by atoms with Gasteiger partial charge in [0.2, 0.25) is 5.56 Å². The Hall–Kier alpha value is -6.17. The van der Waals surface area contributed by atoms with Crippen LogP contribution in [0.5, 0.6) is 5.75 Å². The highest BCUT2D eigenvalue weighted by Crippen LogP contribution is 2.42. The van der Waals surface area contributed by atoms with Gasteiger partial charge in [-0.05, 0) is 77.1 Å². The summed E-state index contributed by atoms with van der Waals surface area (Å²) in [5.74, 6) is 0.517. The number of hydrogen-bond donors (Lipinski definition) is 4. The number of anilines is 2. The fraction of sp³-hybridized carbons (Fsp3) is 0.239. The van der Waals surface area contributed by atoms with Gasteiger partial charge in [0.15, 0.2) is 8.32 Å². The van der Waals surface area contributed by atoms with Gasteiger partial charge in [-0.2, -0.15) is 0 Å². The van der Waals surface area contributed by atoms with Crippen LogP contribution in [-0.4, -0.2) is 48.5 Å². The van der Waals surface area contributed by atoms with E-state index in [-0.39, 0.29) is 29.7 Å². The van der Waals surface area contributed by atoms with Crippen molar-refractivity contribution in [1.82, 2.24) is 9.88 Å². The number of ether oxygens (including phenoxy) is 1. The van der Waals surface area contributed by atoms with Gasteiger partial charge in [0.25, 0.3) is 0 Å². The number of rotatable bonds is 14. The number of nitrogens with one attached hydrogen (secondary N) is 3. The molecule has 0 spiro atoms. The molecule has 1 heterocycles. The van der Waals surface area contributed by atoms with Gasteiger partial charge in [0.05, 0.1) is 23.9 Å². The van der Waals surface area contributed by atoms with Crippen LogP contribution in [0.4, 0.5) is 21.0 Å². The maximum atomic E-state index is 13.0. The molecule has 6 rings (SSSR count). The second-order valence-electron chi connectivity index (χ2n) is 15.6. The van der Waals surface area contributed by atoms with E-state index >= 15 is 0 Å². The Bertz CT molecular complexity index is 2360. The van der Waals surface area contributed by atoms with Crippen LogP contribution >= 0.6 is 0 Å². The first kappa shape index (κ1) is 40.5. The lowest BCUT2D eigenvalue weighted by atomic mass is 10.0. The summed E-state index contributed by atoms with van der Waals surface area (Å²) in [5, 5.41) is 16.9. The molecule has 0 saturated carbocycles. The van der Waals surface area contributed by atoms with Crippen LogP contribution in [0.2, 0.25) is 18.1 Å². The van der Waals surface area contributed by atoms with Crippen molar-refractivity contribution >= 4 is 42.7 Å². The zero-order valence-electron chi connectivity index (χ0n) is 33.0. The number of aromatic nitrogens is 1. The first-order valence-corrected chi connectivity index (χ1v) is 22.0. The molecule has 11 heteroatoms. The van der Waals surface area contributed by atoms with E-state index in [0.717, 1.165) is 33.2 Å². The summed E-state index contributed by atoms with van der Waals surface area (Å²) in [4.78, 5) is 42.8. The predicted molar refractivity (Wildman–Crippen MR) is 231 cm³/mol. The van der Waals surface area contributed by atoms with Crippen LogP contribution < -0.4 is 20.9 Å². The minimum atomic E-state index is -2.44. The molecule has 0 bridgehead atoms. The van der Waals surface area contributed by atoms with Crippen LogP contribution in [0, 0.1) is 0 Å². The molecular weight excluding hydrogens is 733 g/mol. The number of aromatic amines is 1. The Morgan fingerprint density at radius 2 is 1.46 bits per heavy atom. The molecule has 10 nitrogen and oxygen atoms in total. The first-order chi connectivity index (χ1) is 27.3. The lowest BCUT2D eigenvalue weighted by Crippen LogP contribution is -2.45. The van der Waals surface area contributed by atoms with Crippen molar-refractivity contribution in [3.05, 3.63) is 161 Å². The maximum Gasteiger partial charge on any atom is 0.407 e. The van der Waals surface area contributed by atoms with Gasteiger partial charge in [-0.3, -0.25) is 4.79 Å². The molecule has 3 amide bonds. The van der Waals surface area contributed by atoms with E-state index < -0.39 is 20.5 Å². The summed E-state index contributed by atoms with van der Waals surface area (Å²) in [7, 11) is -2.44. The number of H-pyrrole nitrogens is 1. The summed E-state index contributed by atoms with van der Waals surface area (Å²) < 4.78 is 13.2. The topological polar surface area (TPSA) is 133 Å². The average Bonchev–Trinajstić information content (AvgIpc) is 3.19. The van der Waals surface area contributed by atoms with Gasteiger partial charge in [-0.25, -0.2) is 9.59 Å². The van der Waals surface area contributed by atoms with Crippen LogP contribution in [0.25, 0.3) is 22.0 Å². The van der Waals surface area contributed by atoms with Crippen molar-refractivity contribution in [2.24, 2.45) is 0 Å². The Morgan fingerprint density at radius 3 is 2.14 bits per heavy atom. The SMILES string of the molecule is CC(C)(C)[Si](C)(C)O[C@H](CN(CCc1ccc(NC(=O)Nc2ccccc2-c2ccccc2)cc1)C(=O)O)c1ccc(OCc2ccccc2)c2[nH]c(=O)ccc12. The van der Waals surface area contributed by atoms with Crippen LogP contribution in [0.3, 0.4) is 0 Å². The second-order valence-corrected chi connectivity index (χ2v) is 20.3. The number of urea groups is 1. The molecule has 0 fully saturated rings. The summed E-state index contributed by atoms with van der Waals surface area (Å²) in [6.45, 7) is 11.3. The monoisotopic (exact) mass is 782 g/mol. The smallest absolute Gasteiger partial charge is 0.407 e. The van der Waals surface area contributed by atoms with E-state index in [4.69, 9.17) is 9.16 Å². The molecule has 1 atom stereocenters. The van der Waals surface area contributed by atoms with Gasteiger partial charge in [0, 0.05) is 29.2 Å². The highest BCUT2D eigenvalue weighted by atomic mass is 28.4. The molecular formula is C46H50N4O6Si. The molecule has 57 heavy (non-hydrogen) atoms. The third-order valence-corrected chi connectivity index (χ3v) is 15.0. The molecule has 0 aliphatic carbocycles. The van der Waals surface area contributed by atoms with Gasteiger partial charge < -0.3 is 34.8 Å². The maximum absolute atomic E-state index is 13.0. The Morgan fingerprint density at radius 1 is 0.789 bits per heavy atom. The third-order valence-electron chi connectivity index (χ3n) is 10.5. The van der Waals surface area contributed by atoms with E-state index in [1.807, 2.05) is 109 Å². The average molecular weight is 783 g/mol. The van der Waals surface area contributed by atoms with Crippen LogP contribution in [-0.2, 0) is 17.5 Å². The molecule has 6 aromatic rings. The van der Waals surface area contributed by atoms with Gasteiger partial charge >= 0.3 is 12.1 Å². The lowest BCUT2D eigenvalue weighted by molar-refractivity contribution is 0.102. The number of carbonyl (C=O) groups is 2. The summed E-state index contributed by atoms with van der Waals surface area (Å²) >= 11 is 0. The highest BCUT2D eigenvalue weighted by Gasteiger charge is 2.40. The third kappa shape index (κ3) is 10.4. The van der Waals surface area contributed by atoms with Crippen molar-refractivity contribution < 1.29 is 23.9 Å². The van der Waals surface area contributed by atoms with E-state index in [1.54, 1.807) is 18.2 Å². The summed E-state index contributed by atoms with van der Waals surface area (Å²) in [5.41, 5.74) is 6.13. The molecule has 0 unspecified atom stereocenters.